The van der Waals surface area contributed by atoms with Gasteiger partial charge in [0.1, 0.15) is 0 Å². The minimum atomic E-state index is -0.259. The van der Waals surface area contributed by atoms with Crippen molar-refractivity contribution in [3.63, 3.8) is 0 Å². The number of rotatable bonds is 5. The predicted molar refractivity (Wildman–Crippen MR) is 98.6 cm³/mol. The highest BCUT2D eigenvalue weighted by Gasteiger charge is 2.20. The van der Waals surface area contributed by atoms with Crippen molar-refractivity contribution < 1.29 is 4.79 Å². The number of pyridine rings is 1. The largest absolute Gasteiger partial charge is 0.332 e. The Hall–Kier alpha value is -2.05. The van der Waals surface area contributed by atoms with Crippen molar-refractivity contribution in [1.29, 1.82) is 0 Å². The highest BCUT2D eigenvalue weighted by atomic mass is 35.5. The van der Waals surface area contributed by atoms with E-state index in [9.17, 15) is 4.79 Å². The Bertz CT molecular complexity index is 847. The molecule has 124 valence electrons. The van der Waals surface area contributed by atoms with Crippen molar-refractivity contribution in [3.05, 3.63) is 47.1 Å². The number of nitrogens with one attached hydrogen (secondary N) is 2. The number of hydrogen-bond donors (Lipinski definition) is 2. The number of hydrogen-bond acceptors (Lipinski definition) is 4. The summed E-state index contributed by atoms with van der Waals surface area (Å²) >= 11 is 7.50. The lowest BCUT2D eigenvalue weighted by Gasteiger charge is -2.13. The van der Waals surface area contributed by atoms with E-state index in [0.717, 1.165) is 11.1 Å². The first-order valence-electron chi connectivity index (χ1n) is 7.61. The zero-order valence-corrected chi connectivity index (χ0v) is 14.9. The van der Waals surface area contributed by atoms with Crippen molar-refractivity contribution in [2.45, 2.75) is 30.7 Å². The van der Waals surface area contributed by atoms with Crippen LogP contribution in [0.1, 0.15) is 18.9 Å². The van der Waals surface area contributed by atoms with E-state index in [0.29, 0.717) is 27.9 Å². The number of aromatic amines is 1. The number of aryl methyl sites for hydroxylation is 1. The summed E-state index contributed by atoms with van der Waals surface area (Å²) in [6.07, 6.45) is 2.38. The van der Waals surface area contributed by atoms with Crippen LogP contribution in [0.5, 0.6) is 0 Å². The third-order valence-corrected chi connectivity index (χ3v) is 5.25. The Morgan fingerprint density at radius 2 is 2.25 bits per heavy atom. The molecule has 0 aliphatic carbocycles. The molecule has 3 aromatic rings. The second-order valence-corrected chi connectivity index (χ2v) is 6.98. The number of anilines is 1. The van der Waals surface area contributed by atoms with Gasteiger partial charge >= 0.3 is 0 Å². The molecule has 0 aliphatic heterocycles. The molecule has 0 unspecified atom stereocenters. The topological polar surface area (TPSA) is 70.7 Å². The lowest BCUT2D eigenvalue weighted by Crippen LogP contribution is -2.24. The first-order chi connectivity index (χ1) is 11.6. The quantitative estimate of drug-likeness (QED) is 0.660. The van der Waals surface area contributed by atoms with Crippen LogP contribution in [-0.4, -0.2) is 26.1 Å². The van der Waals surface area contributed by atoms with Crippen LogP contribution in [0.4, 0.5) is 5.69 Å². The number of carbonyl (C=O) groups is 1. The number of halogens is 1. The lowest BCUT2D eigenvalue weighted by molar-refractivity contribution is -0.115. The van der Waals surface area contributed by atoms with Crippen molar-refractivity contribution in [3.8, 4) is 0 Å². The van der Waals surface area contributed by atoms with E-state index in [4.69, 9.17) is 11.6 Å². The average Bonchev–Trinajstić information content (AvgIpc) is 2.98. The first kappa shape index (κ1) is 16.8. The van der Waals surface area contributed by atoms with Gasteiger partial charge in [0.2, 0.25) is 5.91 Å². The summed E-state index contributed by atoms with van der Waals surface area (Å²) in [7, 11) is 0. The van der Waals surface area contributed by atoms with Crippen molar-refractivity contribution in [2.24, 2.45) is 0 Å². The van der Waals surface area contributed by atoms with Crippen molar-refractivity contribution in [1.82, 2.24) is 15.0 Å². The number of aromatic nitrogens is 3. The number of fused-ring (bicyclic) bond motifs is 1. The average molecular weight is 361 g/mol. The zero-order valence-electron chi connectivity index (χ0n) is 13.3. The molecular weight excluding hydrogens is 344 g/mol. The summed E-state index contributed by atoms with van der Waals surface area (Å²) in [6.45, 7) is 3.90. The van der Waals surface area contributed by atoms with Crippen LogP contribution in [0.3, 0.4) is 0 Å². The Balaban J connectivity index is 1.72. The van der Waals surface area contributed by atoms with Gasteiger partial charge < -0.3 is 10.3 Å². The zero-order chi connectivity index (χ0) is 17.1. The number of thioether (sulfide) groups is 1. The molecule has 0 bridgehead atoms. The van der Waals surface area contributed by atoms with Crippen LogP contribution in [0.15, 0.2) is 41.7 Å². The molecule has 24 heavy (non-hydrogen) atoms. The minimum Gasteiger partial charge on any atom is -0.332 e. The van der Waals surface area contributed by atoms with Crippen LogP contribution in [0.2, 0.25) is 5.02 Å². The maximum Gasteiger partial charge on any atom is 0.237 e. The Kier molecular flexibility index (Phi) is 5.06. The number of carbonyl (C=O) groups excluding carboxylic acids is 1. The van der Waals surface area contributed by atoms with Gasteiger partial charge in [-0.05, 0) is 43.2 Å². The normalized spacial score (nSPS) is 12.3. The number of amides is 1. The van der Waals surface area contributed by atoms with Crippen molar-refractivity contribution >= 4 is 46.1 Å². The maximum atomic E-state index is 12.5. The molecule has 0 radical (unpaired) electrons. The number of imidazole rings is 1. The number of H-pyrrole nitrogens is 1. The third-order valence-electron chi connectivity index (χ3n) is 3.59. The van der Waals surface area contributed by atoms with Crippen LogP contribution in [0, 0.1) is 6.92 Å². The van der Waals surface area contributed by atoms with Gasteiger partial charge in [-0.2, -0.15) is 0 Å². The Morgan fingerprint density at radius 3 is 2.96 bits per heavy atom. The first-order valence-corrected chi connectivity index (χ1v) is 8.87. The Labute approximate surface area is 149 Å². The fraction of sp³-hybridized carbons (Fsp3) is 0.235. The monoisotopic (exact) mass is 360 g/mol. The molecule has 1 amide bonds. The smallest absolute Gasteiger partial charge is 0.237 e. The summed E-state index contributed by atoms with van der Waals surface area (Å²) in [4.78, 5) is 24.3. The number of benzene rings is 1. The molecule has 2 N–H and O–H groups in total. The van der Waals surface area contributed by atoms with E-state index in [1.165, 1.54) is 11.8 Å². The molecule has 2 aromatic heterocycles. The summed E-state index contributed by atoms with van der Waals surface area (Å²) in [5.41, 5.74) is 3.19. The van der Waals surface area contributed by atoms with Gasteiger partial charge in [0.25, 0.3) is 0 Å². The molecule has 7 heteroatoms. The minimum absolute atomic E-state index is 0.0733. The molecule has 3 rings (SSSR count). The van der Waals surface area contributed by atoms with E-state index in [2.05, 4.69) is 20.3 Å². The van der Waals surface area contributed by atoms with E-state index in [-0.39, 0.29) is 11.2 Å². The van der Waals surface area contributed by atoms with E-state index in [1.807, 2.05) is 38.1 Å². The van der Waals surface area contributed by atoms with E-state index < -0.39 is 0 Å². The molecule has 0 spiro atoms. The molecule has 0 saturated carbocycles. The second-order valence-electron chi connectivity index (χ2n) is 5.38. The van der Waals surface area contributed by atoms with E-state index in [1.54, 1.807) is 12.3 Å². The van der Waals surface area contributed by atoms with Crippen LogP contribution in [-0.2, 0) is 4.79 Å². The van der Waals surface area contributed by atoms with Gasteiger partial charge in [-0.3, -0.25) is 4.79 Å². The van der Waals surface area contributed by atoms with Crippen LogP contribution < -0.4 is 5.32 Å². The van der Waals surface area contributed by atoms with Crippen LogP contribution >= 0.6 is 23.4 Å². The summed E-state index contributed by atoms with van der Waals surface area (Å²) in [6, 6.07) is 9.25. The van der Waals surface area contributed by atoms with Gasteiger partial charge in [0, 0.05) is 16.9 Å². The molecule has 2 heterocycles. The van der Waals surface area contributed by atoms with Crippen molar-refractivity contribution in [2.75, 3.05) is 5.32 Å². The summed E-state index contributed by atoms with van der Waals surface area (Å²) in [5.74, 6) is -0.0733. The second kappa shape index (κ2) is 7.23. The van der Waals surface area contributed by atoms with E-state index >= 15 is 0 Å². The highest BCUT2D eigenvalue weighted by molar-refractivity contribution is 8.00. The highest BCUT2D eigenvalue weighted by Crippen LogP contribution is 2.26. The standard InChI is InChI=1S/C17H17ClN4OS/c1-3-14(16(23)20-11-7-6-10(2)12(18)9-11)24-17-21-13-5-4-8-19-15(13)22-17/h4-9,14H,3H2,1-2H3,(H,20,23)(H,19,21,22)/t14-/m0/s1. The molecule has 0 fully saturated rings. The van der Waals surface area contributed by atoms with Gasteiger partial charge in [-0.25, -0.2) is 9.97 Å². The fourth-order valence-corrected chi connectivity index (χ4v) is 3.32. The van der Waals surface area contributed by atoms with Crippen LogP contribution in [0.25, 0.3) is 11.2 Å². The van der Waals surface area contributed by atoms with Gasteiger partial charge in [-0.15, -0.1) is 0 Å². The molecule has 1 atom stereocenters. The summed E-state index contributed by atoms with van der Waals surface area (Å²) in [5, 5.41) is 3.98. The van der Waals surface area contributed by atoms with Gasteiger partial charge in [-0.1, -0.05) is 36.4 Å². The lowest BCUT2D eigenvalue weighted by atomic mass is 10.2. The molecular formula is C17H17ClN4OS. The van der Waals surface area contributed by atoms with Gasteiger partial charge in [0.15, 0.2) is 10.8 Å². The summed E-state index contributed by atoms with van der Waals surface area (Å²) < 4.78 is 0. The SMILES string of the molecule is CC[C@H](Sc1nc2ncccc2[nH]1)C(=O)Nc1ccc(C)c(Cl)c1. The number of nitrogens with zero attached hydrogens (tertiary/aromatic N) is 2. The fourth-order valence-electron chi connectivity index (χ4n) is 2.23. The third kappa shape index (κ3) is 3.71. The molecule has 1 aromatic carbocycles. The maximum absolute atomic E-state index is 12.5. The Morgan fingerprint density at radius 1 is 1.42 bits per heavy atom. The molecule has 5 nitrogen and oxygen atoms in total. The molecule has 0 saturated heterocycles. The van der Waals surface area contributed by atoms with Gasteiger partial charge in [0.05, 0.1) is 10.8 Å². The molecule has 0 aliphatic rings. The predicted octanol–water partition coefficient (Wildman–Crippen LogP) is 4.43.